The molecule has 8 heteroatoms. The maximum absolute atomic E-state index is 13.8. The van der Waals surface area contributed by atoms with E-state index in [1.165, 1.54) is 7.11 Å². The van der Waals surface area contributed by atoms with Crippen molar-refractivity contribution >= 4 is 21.9 Å². The van der Waals surface area contributed by atoms with E-state index in [1.807, 2.05) is 0 Å². The van der Waals surface area contributed by atoms with Gasteiger partial charge in [-0.05, 0) is 47.4 Å². The fourth-order valence-electron chi connectivity index (χ4n) is 3.72. The molecule has 3 aromatic rings. The van der Waals surface area contributed by atoms with Crippen molar-refractivity contribution < 1.29 is 22.7 Å². The van der Waals surface area contributed by atoms with Gasteiger partial charge in [0.05, 0.1) is 17.6 Å². The van der Waals surface area contributed by atoms with Gasteiger partial charge in [-0.2, -0.15) is 4.31 Å². The Balaban J connectivity index is 2.07. The van der Waals surface area contributed by atoms with Gasteiger partial charge in [0.2, 0.25) is 15.9 Å². The van der Waals surface area contributed by atoms with Crippen LogP contribution in [0.3, 0.4) is 0 Å². The lowest BCUT2D eigenvalue weighted by atomic mass is 10.1. The Labute approximate surface area is 200 Å². The predicted molar refractivity (Wildman–Crippen MR) is 129 cm³/mol. The van der Waals surface area contributed by atoms with E-state index >= 15 is 0 Å². The van der Waals surface area contributed by atoms with Crippen LogP contribution in [-0.2, 0) is 32.5 Å². The van der Waals surface area contributed by atoms with E-state index in [0.717, 1.165) is 22.7 Å². The monoisotopic (exact) mass is 480 g/mol. The summed E-state index contributed by atoms with van der Waals surface area (Å²) in [6, 6.07) is 20.4. The van der Waals surface area contributed by atoms with Crippen LogP contribution < -0.4 is 5.73 Å². The molecule has 0 fully saturated rings. The number of amides is 1. The van der Waals surface area contributed by atoms with Crippen LogP contribution in [0.25, 0.3) is 0 Å². The molecule has 0 aliphatic heterocycles. The molecule has 7 nitrogen and oxygen atoms in total. The van der Waals surface area contributed by atoms with Crippen molar-refractivity contribution in [2.24, 2.45) is 5.73 Å². The zero-order valence-corrected chi connectivity index (χ0v) is 20.0. The number of hydrogen-bond acceptors (Lipinski definition) is 5. The number of esters is 1. The highest BCUT2D eigenvalue weighted by Gasteiger charge is 2.36. The molecule has 2 N–H and O–H groups in total. The first kappa shape index (κ1) is 25.1. The molecule has 0 bridgehead atoms. The molecule has 0 spiro atoms. The summed E-state index contributed by atoms with van der Waals surface area (Å²) < 4.78 is 33.4. The quantitative estimate of drug-likeness (QED) is 0.444. The van der Waals surface area contributed by atoms with E-state index in [4.69, 9.17) is 10.5 Å². The number of sulfonamides is 1. The number of hydrogen-bond donors (Lipinski definition) is 1. The van der Waals surface area contributed by atoms with E-state index < -0.39 is 27.9 Å². The Bertz CT molecular complexity index is 1220. The molecule has 1 unspecified atom stereocenters. The molecule has 0 aliphatic rings. The van der Waals surface area contributed by atoms with Crippen molar-refractivity contribution in [1.29, 1.82) is 0 Å². The van der Waals surface area contributed by atoms with Gasteiger partial charge >= 0.3 is 5.97 Å². The number of ether oxygens (including phenoxy) is 1. The van der Waals surface area contributed by atoms with Crippen LogP contribution in [0.15, 0.2) is 83.8 Å². The van der Waals surface area contributed by atoms with E-state index in [2.05, 4.69) is 6.92 Å². The number of nitrogens with zero attached hydrogens (tertiary/aromatic N) is 1. The third-order valence-electron chi connectivity index (χ3n) is 5.45. The molecule has 0 aromatic heterocycles. The summed E-state index contributed by atoms with van der Waals surface area (Å²) in [5, 5.41) is 0. The van der Waals surface area contributed by atoms with E-state index in [-0.39, 0.29) is 11.4 Å². The zero-order chi connectivity index (χ0) is 24.7. The first-order valence-corrected chi connectivity index (χ1v) is 12.3. The summed E-state index contributed by atoms with van der Waals surface area (Å²) in [4.78, 5) is 24.4. The molecule has 0 saturated heterocycles. The van der Waals surface area contributed by atoms with Crippen LogP contribution in [0, 0.1) is 0 Å². The third-order valence-corrected chi connectivity index (χ3v) is 7.28. The molecular formula is C26H28N2O5S. The standard InChI is InChI=1S/C26H28N2O5S/c1-3-7-19-12-16-23(17-13-19)34(31,32)28(24(25(27)29)21-8-5-4-6-9-21)18-20-10-14-22(15-11-20)26(30)33-2/h4-6,8-17,24H,3,7,18H2,1-2H3,(H2,27,29). The number of methoxy groups -OCH3 is 1. The number of benzene rings is 3. The molecule has 178 valence electrons. The third kappa shape index (κ3) is 5.70. The highest BCUT2D eigenvalue weighted by atomic mass is 32.2. The van der Waals surface area contributed by atoms with Gasteiger partial charge in [-0.15, -0.1) is 0 Å². The summed E-state index contributed by atoms with van der Waals surface area (Å²) >= 11 is 0. The molecule has 1 atom stereocenters. The van der Waals surface area contributed by atoms with Crippen LogP contribution in [0.1, 0.15) is 46.4 Å². The molecule has 1 amide bonds. The first-order valence-electron chi connectivity index (χ1n) is 10.9. The van der Waals surface area contributed by atoms with Crippen molar-refractivity contribution in [1.82, 2.24) is 4.31 Å². The number of carbonyl (C=O) groups excluding carboxylic acids is 2. The van der Waals surface area contributed by atoms with Crippen molar-refractivity contribution in [2.45, 2.75) is 37.2 Å². The summed E-state index contributed by atoms with van der Waals surface area (Å²) in [6.45, 7) is 1.93. The second-order valence-electron chi connectivity index (χ2n) is 7.85. The van der Waals surface area contributed by atoms with Gasteiger partial charge in [0.15, 0.2) is 0 Å². The molecule has 0 saturated carbocycles. The van der Waals surface area contributed by atoms with E-state index in [0.29, 0.717) is 16.7 Å². The SMILES string of the molecule is CCCc1ccc(S(=O)(=O)N(Cc2ccc(C(=O)OC)cc2)C(C(N)=O)c2ccccc2)cc1. The van der Waals surface area contributed by atoms with Crippen molar-refractivity contribution in [3.05, 3.63) is 101 Å². The Morgan fingerprint density at radius 2 is 1.50 bits per heavy atom. The van der Waals surface area contributed by atoms with Crippen LogP contribution in [0.2, 0.25) is 0 Å². The molecule has 0 aliphatic carbocycles. The predicted octanol–water partition coefficient (Wildman–Crippen LogP) is 3.84. The second-order valence-corrected chi connectivity index (χ2v) is 9.74. The molecule has 34 heavy (non-hydrogen) atoms. The fourth-order valence-corrected chi connectivity index (χ4v) is 5.29. The van der Waals surface area contributed by atoms with Gasteiger partial charge in [0, 0.05) is 6.54 Å². The molecule has 3 rings (SSSR count). The largest absolute Gasteiger partial charge is 0.465 e. The van der Waals surface area contributed by atoms with Gasteiger partial charge in [0.25, 0.3) is 0 Å². The Morgan fingerprint density at radius 1 is 0.912 bits per heavy atom. The molecule has 3 aromatic carbocycles. The van der Waals surface area contributed by atoms with Gasteiger partial charge < -0.3 is 10.5 Å². The summed E-state index contributed by atoms with van der Waals surface area (Å²) in [6.07, 6.45) is 1.78. The van der Waals surface area contributed by atoms with Crippen molar-refractivity contribution in [2.75, 3.05) is 7.11 Å². The van der Waals surface area contributed by atoms with Crippen molar-refractivity contribution in [3.8, 4) is 0 Å². The van der Waals surface area contributed by atoms with Crippen LogP contribution in [0.5, 0.6) is 0 Å². The van der Waals surface area contributed by atoms with Gasteiger partial charge in [-0.3, -0.25) is 4.79 Å². The smallest absolute Gasteiger partial charge is 0.337 e. The topological polar surface area (TPSA) is 107 Å². The van der Waals surface area contributed by atoms with Crippen LogP contribution in [-0.4, -0.2) is 31.7 Å². The van der Waals surface area contributed by atoms with Gasteiger partial charge in [-0.1, -0.05) is 67.9 Å². The Kier molecular flexibility index (Phi) is 8.20. The maximum Gasteiger partial charge on any atom is 0.337 e. The minimum absolute atomic E-state index is 0.0701. The zero-order valence-electron chi connectivity index (χ0n) is 19.2. The van der Waals surface area contributed by atoms with E-state index in [9.17, 15) is 18.0 Å². The van der Waals surface area contributed by atoms with Crippen LogP contribution in [0.4, 0.5) is 0 Å². The summed E-state index contributed by atoms with van der Waals surface area (Å²) in [7, 11) is -2.83. The highest BCUT2D eigenvalue weighted by molar-refractivity contribution is 7.89. The first-order chi connectivity index (χ1) is 16.3. The number of aryl methyl sites for hydroxylation is 1. The lowest BCUT2D eigenvalue weighted by Crippen LogP contribution is -2.41. The van der Waals surface area contributed by atoms with Crippen molar-refractivity contribution in [3.63, 3.8) is 0 Å². The lowest BCUT2D eigenvalue weighted by Gasteiger charge is -2.29. The number of rotatable bonds is 10. The van der Waals surface area contributed by atoms with Crippen LogP contribution >= 0.6 is 0 Å². The van der Waals surface area contributed by atoms with Gasteiger partial charge in [0.1, 0.15) is 6.04 Å². The van der Waals surface area contributed by atoms with Gasteiger partial charge in [-0.25, -0.2) is 13.2 Å². The Hall–Kier alpha value is -3.49. The number of carbonyl (C=O) groups is 2. The maximum atomic E-state index is 13.8. The summed E-state index contributed by atoms with van der Waals surface area (Å²) in [5.74, 6) is -1.29. The molecular weight excluding hydrogens is 452 g/mol. The minimum atomic E-state index is -4.11. The second kappa shape index (κ2) is 11.1. The summed E-state index contributed by atoms with van der Waals surface area (Å²) in [5.41, 5.74) is 8.15. The number of primary amides is 1. The lowest BCUT2D eigenvalue weighted by molar-refractivity contribution is -0.122. The fraction of sp³-hybridized carbons (Fsp3) is 0.231. The van der Waals surface area contributed by atoms with E-state index in [1.54, 1.807) is 78.9 Å². The highest BCUT2D eigenvalue weighted by Crippen LogP contribution is 2.30. The normalized spacial score (nSPS) is 12.3. The molecule has 0 radical (unpaired) electrons. The Morgan fingerprint density at radius 3 is 2.03 bits per heavy atom. The average Bonchev–Trinajstić information content (AvgIpc) is 2.84. The average molecular weight is 481 g/mol. The minimum Gasteiger partial charge on any atom is -0.465 e. The molecule has 0 heterocycles. The number of nitrogens with two attached hydrogens (primary N) is 1.